The molecule has 2 N–H and O–H groups in total. The van der Waals surface area contributed by atoms with Crippen LogP contribution in [0, 0.1) is 0 Å². The van der Waals surface area contributed by atoms with Gasteiger partial charge in [-0.25, -0.2) is 4.98 Å². The van der Waals surface area contributed by atoms with Crippen LogP contribution in [0.4, 0.5) is 0 Å². The molecule has 1 aromatic carbocycles. The van der Waals surface area contributed by atoms with Crippen molar-refractivity contribution in [3.8, 4) is 5.75 Å². The molecule has 0 saturated heterocycles. The highest BCUT2D eigenvalue weighted by Gasteiger charge is 2.03. The molecule has 2 heterocycles. The number of H-pyrrole nitrogens is 1. The Hall–Kier alpha value is -2.40. The molecule has 0 saturated carbocycles. The molecule has 108 valence electrons. The molecule has 0 aliphatic carbocycles. The average Bonchev–Trinajstić information content (AvgIpc) is 2.94. The largest absolute Gasteiger partial charge is 0.497 e. The Labute approximate surface area is 123 Å². The number of benzene rings is 1. The Morgan fingerprint density at radius 2 is 2.05 bits per heavy atom. The molecule has 0 bridgehead atoms. The minimum Gasteiger partial charge on any atom is -0.497 e. The normalized spacial score (nSPS) is 10.9. The Morgan fingerprint density at radius 3 is 2.86 bits per heavy atom. The lowest BCUT2D eigenvalue weighted by molar-refractivity contribution is 0.415. The van der Waals surface area contributed by atoms with Gasteiger partial charge in [-0.3, -0.25) is 4.98 Å². The average molecular weight is 282 g/mol. The van der Waals surface area contributed by atoms with E-state index in [0.29, 0.717) is 0 Å². The van der Waals surface area contributed by atoms with Crippen molar-refractivity contribution in [3.05, 3.63) is 54.1 Å². The summed E-state index contributed by atoms with van der Waals surface area (Å²) in [5.74, 6) is 1.83. The smallest absolute Gasteiger partial charge is 0.121 e. The summed E-state index contributed by atoms with van der Waals surface area (Å²) in [6.07, 6.45) is 4.48. The first kappa shape index (κ1) is 13.6. The van der Waals surface area contributed by atoms with Gasteiger partial charge in [-0.05, 0) is 29.8 Å². The van der Waals surface area contributed by atoms with E-state index in [2.05, 4.69) is 20.3 Å². The molecule has 0 unspecified atom stereocenters. The zero-order valence-electron chi connectivity index (χ0n) is 12.0. The van der Waals surface area contributed by atoms with Crippen LogP contribution in [0.3, 0.4) is 0 Å². The van der Waals surface area contributed by atoms with Gasteiger partial charge in [0.1, 0.15) is 11.6 Å². The van der Waals surface area contributed by atoms with E-state index >= 15 is 0 Å². The molecular weight excluding hydrogens is 264 g/mol. The van der Waals surface area contributed by atoms with Gasteiger partial charge in [-0.2, -0.15) is 0 Å². The van der Waals surface area contributed by atoms with Crippen molar-refractivity contribution < 1.29 is 4.74 Å². The van der Waals surface area contributed by atoms with Crippen LogP contribution in [0.1, 0.15) is 11.4 Å². The number of aromatic nitrogens is 3. The number of fused-ring (bicyclic) bond motifs is 1. The van der Waals surface area contributed by atoms with E-state index in [1.165, 1.54) is 5.56 Å². The number of aromatic amines is 1. The summed E-state index contributed by atoms with van der Waals surface area (Å²) in [6.45, 7) is 1.72. The number of nitrogens with one attached hydrogen (secondary N) is 2. The molecule has 0 radical (unpaired) electrons. The van der Waals surface area contributed by atoms with Gasteiger partial charge in [0.05, 0.1) is 18.1 Å². The third-order valence-electron chi connectivity index (χ3n) is 3.36. The van der Waals surface area contributed by atoms with Crippen molar-refractivity contribution in [2.75, 3.05) is 13.7 Å². The van der Waals surface area contributed by atoms with Crippen LogP contribution in [0.15, 0.2) is 42.7 Å². The third-order valence-corrected chi connectivity index (χ3v) is 3.36. The Morgan fingerprint density at radius 1 is 1.19 bits per heavy atom. The fourth-order valence-electron chi connectivity index (χ4n) is 2.23. The van der Waals surface area contributed by atoms with Gasteiger partial charge in [0.25, 0.3) is 0 Å². The molecule has 0 spiro atoms. The first-order chi connectivity index (χ1) is 10.3. The van der Waals surface area contributed by atoms with Gasteiger partial charge < -0.3 is 15.0 Å². The molecule has 0 amide bonds. The minimum atomic E-state index is 0.841. The Bertz CT molecular complexity index is 709. The summed E-state index contributed by atoms with van der Waals surface area (Å²) >= 11 is 0. The fourth-order valence-corrected chi connectivity index (χ4v) is 2.23. The molecule has 0 aliphatic heterocycles. The van der Waals surface area contributed by atoms with Crippen molar-refractivity contribution in [1.29, 1.82) is 0 Å². The zero-order valence-corrected chi connectivity index (χ0v) is 12.0. The number of hydrogen-bond donors (Lipinski definition) is 2. The lowest BCUT2D eigenvalue weighted by atomic mass is 10.2. The predicted molar refractivity (Wildman–Crippen MR) is 82.3 cm³/mol. The van der Waals surface area contributed by atoms with Crippen molar-refractivity contribution in [2.45, 2.75) is 13.0 Å². The highest BCUT2D eigenvalue weighted by Crippen LogP contribution is 2.18. The summed E-state index contributed by atoms with van der Waals surface area (Å²) in [4.78, 5) is 11.9. The molecule has 0 atom stereocenters. The number of ether oxygens (including phenoxy) is 1. The second kappa shape index (κ2) is 6.37. The second-order valence-corrected chi connectivity index (χ2v) is 4.85. The van der Waals surface area contributed by atoms with Gasteiger partial charge in [-0.1, -0.05) is 0 Å². The highest BCUT2D eigenvalue weighted by molar-refractivity contribution is 5.76. The van der Waals surface area contributed by atoms with Crippen molar-refractivity contribution in [2.24, 2.45) is 0 Å². The lowest BCUT2D eigenvalue weighted by Gasteiger charge is -2.02. The van der Waals surface area contributed by atoms with Gasteiger partial charge in [0.2, 0.25) is 0 Å². The van der Waals surface area contributed by atoms with Crippen molar-refractivity contribution >= 4 is 11.0 Å². The fraction of sp³-hybridized carbons (Fsp3) is 0.250. The summed E-state index contributed by atoms with van der Waals surface area (Å²) in [5.41, 5.74) is 3.22. The Kier molecular flexibility index (Phi) is 4.12. The van der Waals surface area contributed by atoms with Crippen LogP contribution >= 0.6 is 0 Å². The highest BCUT2D eigenvalue weighted by atomic mass is 16.5. The number of rotatable bonds is 6. The molecule has 3 aromatic rings. The van der Waals surface area contributed by atoms with Crippen LogP contribution in [0.5, 0.6) is 5.75 Å². The molecule has 0 aliphatic rings. The van der Waals surface area contributed by atoms with Gasteiger partial charge in [0.15, 0.2) is 0 Å². The molecule has 0 fully saturated rings. The quantitative estimate of drug-likeness (QED) is 0.681. The number of imidazole rings is 1. The molecule has 2 aromatic heterocycles. The standard InChI is InChI=1S/C16H18N4O/c1-21-13-2-3-14-15(10-13)20-16(19-14)6-9-18-11-12-4-7-17-8-5-12/h2-5,7-8,10,18H,6,9,11H2,1H3,(H,19,20). The van der Waals surface area contributed by atoms with Crippen molar-refractivity contribution in [1.82, 2.24) is 20.3 Å². The van der Waals surface area contributed by atoms with E-state index < -0.39 is 0 Å². The maximum Gasteiger partial charge on any atom is 0.121 e. The van der Waals surface area contributed by atoms with E-state index in [0.717, 1.165) is 42.1 Å². The minimum absolute atomic E-state index is 0.841. The first-order valence-corrected chi connectivity index (χ1v) is 6.97. The summed E-state index contributed by atoms with van der Waals surface area (Å²) in [6, 6.07) is 9.89. The Balaban J connectivity index is 1.55. The zero-order chi connectivity index (χ0) is 14.5. The van der Waals surface area contributed by atoms with E-state index in [9.17, 15) is 0 Å². The van der Waals surface area contributed by atoms with Crippen LogP contribution in [0.25, 0.3) is 11.0 Å². The van der Waals surface area contributed by atoms with Gasteiger partial charge in [-0.15, -0.1) is 0 Å². The summed E-state index contributed by atoms with van der Waals surface area (Å²) < 4.78 is 5.21. The maximum absolute atomic E-state index is 5.21. The van der Waals surface area contributed by atoms with Crippen LogP contribution in [0.2, 0.25) is 0 Å². The van der Waals surface area contributed by atoms with E-state index in [1.54, 1.807) is 7.11 Å². The SMILES string of the molecule is COc1ccc2nc(CCNCc3ccncc3)[nH]c2c1. The predicted octanol–water partition coefficient (Wildman–Crippen LogP) is 2.30. The first-order valence-electron chi connectivity index (χ1n) is 6.97. The molecule has 5 heteroatoms. The van der Waals surface area contributed by atoms with Crippen LogP contribution < -0.4 is 10.1 Å². The molecule has 3 rings (SSSR count). The van der Waals surface area contributed by atoms with Crippen LogP contribution in [-0.4, -0.2) is 28.6 Å². The molecule has 5 nitrogen and oxygen atoms in total. The number of pyridine rings is 1. The number of hydrogen-bond acceptors (Lipinski definition) is 4. The molecule has 21 heavy (non-hydrogen) atoms. The third kappa shape index (κ3) is 3.38. The second-order valence-electron chi connectivity index (χ2n) is 4.85. The monoisotopic (exact) mass is 282 g/mol. The van der Waals surface area contributed by atoms with E-state index in [1.807, 2.05) is 42.7 Å². The van der Waals surface area contributed by atoms with Gasteiger partial charge in [0, 0.05) is 38.0 Å². The van der Waals surface area contributed by atoms with E-state index in [-0.39, 0.29) is 0 Å². The number of nitrogens with zero attached hydrogens (tertiary/aromatic N) is 2. The summed E-state index contributed by atoms with van der Waals surface area (Å²) in [7, 11) is 1.67. The van der Waals surface area contributed by atoms with Crippen molar-refractivity contribution in [3.63, 3.8) is 0 Å². The topological polar surface area (TPSA) is 62.8 Å². The van der Waals surface area contributed by atoms with Gasteiger partial charge >= 0.3 is 0 Å². The van der Waals surface area contributed by atoms with Crippen LogP contribution in [-0.2, 0) is 13.0 Å². The van der Waals surface area contributed by atoms with E-state index in [4.69, 9.17) is 4.74 Å². The summed E-state index contributed by atoms with van der Waals surface area (Å²) in [5, 5.41) is 3.40. The maximum atomic E-state index is 5.21. The number of methoxy groups -OCH3 is 1. The molecular formula is C16H18N4O. The lowest BCUT2D eigenvalue weighted by Crippen LogP contribution is -2.17.